The van der Waals surface area contributed by atoms with Gasteiger partial charge in [0.25, 0.3) is 0 Å². The van der Waals surface area contributed by atoms with Crippen LogP contribution in [0.5, 0.6) is 0 Å². The van der Waals surface area contributed by atoms with Crippen molar-refractivity contribution < 1.29 is 29.0 Å². The first-order valence-electron chi connectivity index (χ1n) is 15.2. The number of methoxy groups -OCH3 is 1. The molecule has 3 fully saturated rings. The highest BCUT2D eigenvalue weighted by Gasteiger charge is 2.45. The van der Waals surface area contributed by atoms with Crippen LogP contribution in [0.2, 0.25) is 0 Å². The van der Waals surface area contributed by atoms with Crippen molar-refractivity contribution in [2.24, 2.45) is 11.3 Å². The van der Waals surface area contributed by atoms with Crippen molar-refractivity contribution in [3.05, 3.63) is 0 Å². The summed E-state index contributed by atoms with van der Waals surface area (Å²) in [5.74, 6) is -0.842. The second-order valence-electron chi connectivity index (χ2n) is 13.6. The molecule has 3 rings (SSSR count). The van der Waals surface area contributed by atoms with Gasteiger partial charge in [0, 0.05) is 32.6 Å². The maximum absolute atomic E-state index is 14.0. The molecule has 11 heteroatoms. The van der Waals surface area contributed by atoms with E-state index in [9.17, 15) is 24.3 Å². The molecule has 6 atom stereocenters. The molecule has 0 radical (unpaired) electrons. The number of amides is 3. The minimum atomic E-state index is -0.783. The van der Waals surface area contributed by atoms with Crippen molar-refractivity contribution >= 4 is 23.7 Å². The topological polar surface area (TPSA) is 123 Å². The lowest BCUT2D eigenvalue weighted by Gasteiger charge is -2.41. The van der Waals surface area contributed by atoms with Gasteiger partial charge in [-0.25, -0.2) is 4.79 Å². The van der Waals surface area contributed by atoms with Crippen molar-refractivity contribution in [3.8, 4) is 0 Å². The van der Waals surface area contributed by atoms with Gasteiger partial charge in [0.05, 0.1) is 25.3 Å². The molecule has 3 aliphatic heterocycles. The number of hydrogen-bond donors (Lipinski definition) is 2. The molecule has 2 N–H and O–H groups in total. The maximum Gasteiger partial charge on any atom is 0.328 e. The molecule has 3 heterocycles. The lowest BCUT2D eigenvalue weighted by molar-refractivity contribution is -0.152. The van der Waals surface area contributed by atoms with Crippen LogP contribution < -0.4 is 5.32 Å². The molecule has 41 heavy (non-hydrogen) atoms. The number of aliphatic hydroxyl groups excluding tert-OH is 1. The number of aliphatic hydroxyl groups is 1. The number of hydrogen-bond acceptors (Lipinski definition) is 8. The summed E-state index contributed by atoms with van der Waals surface area (Å²) in [4.78, 5) is 60.7. The Bertz CT molecular complexity index is 952. The Labute approximate surface area is 245 Å². The number of carbonyl (C=O) groups is 4. The summed E-state index contributed by atoms with van der Waals surface area (Å²) in [5, 5.41) is 13.3. The van der Waals surface area contributed by atoms with Crippen LogP contribution in [0.15, 0.2) is 0 Å². The highest BCUT2D eigenvalue weighted by Crippen LogP contribution is 2.28. The van der Waals surface area contributed by atoms with Gasteiger partial charge < -0.3 is 25.0 Å². The number of esters is 1. The first-order valence-corrected chi connectivity index (χ1v) is 15.2. The number of nitrogens with zero attached hydrogens (tertiary/aromatic N) is 4. The summed E-state index contributed by atoms with van der Waals surface area (Å²) >= 11 is 0. The highest BCUT2D eigenvalue weighted by atomic mass is 16.5. The number of nitrogens with one attached hydrogen (secondary N) is 1. The number of likely N-dealkylation sites (N-methyl/N-ethyl adjacent to an activating group) is 2. The molecule has 3 amide bonds. The number of carbonyl (C=O) groups excluding carboxylic acids is 4. The lowest BCUT2D eigenvalue weighted by Crippen LogP contribution is -2.61. The first-order chi connectivity index (χ1) is 19.2. The number of piperidine rings is 1. The Kier molecular flexibility index (Phi) is 11.2. The Hall–Kier alpha value is -2.24. The van der Waals surface area contributed by atoms with E-state index in [2.05, 4.69) is 29.0 Å². The average Bonchev–Trinajstić information content (AvgIpc) is 3.54. The highest BCUT2D eigenvalue weighted by molar-refractivity contribution is 5.91. The zero-order valence-electron chi connectivity index (χ0n) is 26.4. The summed E-state index contributed by atoms with van der Waals surface area (Å²) in [6, 6.07) is -2.34. The van der Waals surface area contributed by atoms with Crippen LogP contribution in [0.4, 0.5) is 0 Å². The largest absolute Gasteiger partial charge is 0.467 e. The normalized spacial score (nSPS) is 27.5. The smallest absolute Gasteiger partial charge is 0.328 e. The van der Waals surface area contributed by atoms with E-state index in [1.165, 1.54) is 12.0 Å². The molecule has 0 bridgehead atoms. The SMILES string of the molecule is COC(=O)[C@@H]1C[C@@H](O)CN1C(=O)[C@@H]1CCCN1C[C@H](C(C)C)N(C)C(=O)[C@@H](NC(=O)C1CCCCN1C)C(C)(C)C. The van der Waals surface area contributed by atoms with E-state index in [4.69, 9.17) is 4.74 Å². The van der Waals surface area contributed by atoms with Crippen LogP contribution >= 0.6 is 0 Å². The van der Waals surface area contributed by atoms with Gasteiger partial charge in [-0.2, -0.15) is 0 Å². The lowest BCUT2D eigenvalue weighted by atomic mass is 9.84. The molecular formula is C30H53N5O6. The third kappa shape index (κ3) is 7.78. The maximum atomic E-state index is 14.0. The molecule has 234 valence electrons. The molecular weight excluding hydrogens is 526 g/mol. The Morgan fingerprint density at radius 3 is 2.27 bits per heavy atom. The van der Waals surface area contributed by atoms with E-state index in [1.807, 2.05) is 27.8 Å². The Balaban J connectivity index is 1.75. The summed E-state index contributed by atoms with van der Waals surface area (Å²) in [6.45, 7) is 12.2. The zero-order chi connectivity index (χ0) is 30.6. The van der Waals surface area contributed by atoms with Gasteiger partial charge in [0.15, 0.2) is 0 Å². The fourth-order valence-electron chi connectivity index (χ4n) is 6.61. The van der Waals surface area contributed by atoms with Crippen molar-refractivity contribution in [2.75, 3.05) is 47.4 Å². The van der Waals surface area contributed by atoms with Crippen LogP contribution in [0, 0.1) is 11.3 Å². The van der Waals surface area contributed by atoms with E-state index in [0.29, 0.717) is 19.5 Å². The fourth-order valence-corrected chi connectivity index (χ4v) is 6.61. The van der Waals surface area contributed by atoms with E-state index in [1.54, 1.807) is 11.9 Å². The van der Waals surface area contributed by atoms with Crippen molar-refractivity contribution in [1.82, 2.24) is 24.9 Å². The van der Waals surface area contributed by atoms with Gasteiger partial charge in [-0.1, -0.05) is 41.0 Å². The number of ether oxygens (including phenoxy) is 1. The van der Waals surface area contributed by atoms with Crippen LogP contribution in [0.3, 0.4) is 0 Å². The molecule has 0 saturated carbocycles. The Morgan fingerprint density at radius 2 is 1.68 bits per heavy atom. The summed E-state index contributed by atoms with van der Waals surface area (Å²) in [7, 11) is 5.04. The predicted molar refractivity (Wildman–Crippen MR) is 156 cm³/mol. The molecule has 1 unspecified atom stereocenters. The van der Waals surface area contributed by atoms with Gasteiger partial charge in [0.2, 0.25) is 17.7 Å². The molecule has 0 aromatic carbocycles. The van der Waals surface area contributed by atoms with Crippen molar-refractivity contribution in [3.63, 3.8) is 0 Å². The summed E-state index contributed by atoms with van der Waals surface area (Å²) in [6.07, 6.45) is 3.75. The first kappa shape index (κ1) is 33.3. The van der Waals surface area contributed by atoms with E-state index in [-0.39, 0.29) is 48.7 Å². The number of β-amino-alcohol motifs (C(OH)–C–C–N with tert-alkyl or cyclic N) is 1. The molecule has 3 saturated heterocycles. The molecule has 0 aromatic rings. The quantitative estimate of drug-likeness (QED) is 0.389. The minimum absolute atomic E-state index is 0.0949. The predicted octanol–water partition coefficient (Wildman–Crippen LogP) is 1.08. The third-order valence-corrected chi connectivity index (χ3v) is 9.19. The number of rotatable bonds is 9. The van der Waals surface area contributed by atoms with Gasteiger partial charge in [-0.15, -0.1) is 0 Å². The zero-order valence-corrected chi connectivity index (χ0v) is 26.4. The van der Waals surface area contributed by atoms with Crippen LogP contribution in [0.25, 0.3) is 0 Å². The molecule has 0 aliphatic carbocycles. The molecule has 0 spiro atoms. The van der Waals surface area contributed by atoms with Gasteiger partial charge >= 0.3 is 5.97 Å². The van der Waals surface area contributed by atoms with E-state index >= 15 is 0 Å². The monoisotopic (exact) mass is 579 g/mol. The van der Waals surface area contributed by atoms with Crippen molar-refractivity contribution in [1.29, 1.82) is 0 Å². The standard InChI is InChI=1S/C30H53N5O6/c1-19(2)24(18-34-15-11-13-22(34)27(38)35-17-20(36)16-23(35)29(40)41-8)33(7)28(39)25(30(3,4)5)31-26(37)21-12-9-10-14-32(21)6/h19-25,36H,9-18H2,1-8H3,(H,31,37)/t20-,21?,22+,23+,24-,25-/m1/s1. The van der Waals surface area contributed by atoms with Crippen molar-refractivity contribution in [2.45, 2.75) is 109 Å². The summed E-state index contributed by atoms with van der Waals surface area (Å²) < 4.78 is 4.89. The average molecular weight is 580 g/mol. The van der Waals surface area contributed by atoms with E-state index < -0.39 is 35.6 Å². The summed E-state index contributed by atoms with van der Waals surface area (Å²) in [5.41, 5.74) is -0.499. The van der Waals surface area contributed by atoms with Crippen LogP contribution in [-0.4, -0.2) is 132 Å². The van der Waals surface area contributed by atoms with Gasteiger partial charge in [-0.3, -0.25) is 24.2 Å². The molecule has 0 aromatic heterocycles. The van der Waals surface area contributed by atoms with Crippen LogP contribution in [-0.2, 0) is 23.9 Å². The molecule has 3 aliphatic rings. The van der Waals surface area contributed by atoms with Gasteiger partial charge in [-0.05, 0) is 57.2 Å². The minimum Gasteiger partial charge on any atom is -0.467 e. The van der Waals surface area contributed by atoms with E-state index in [0.717, 1.165) is 32.2 Å². The number of likely N-dealkylation sites (tertiary alicyclic amines) is 3. The second-order valence-corrected chi connectivity index (χ2v) is 13.6. The Morgan fingerprint density at radius 1 is 1.02 bits per heavy atom. The van der Waals surface area contributed by atoms with Gasteiger partial charge in [0.1, 0.15) is 12.1 Å². The third-order valence-electron chi connectivity index (χ3n) is 9.19. The van der Waals surface area contributed by atoms with Crippen LogP contribution in [0.1, 0.15) is 73.1 Å². The fraction of sp³-hybridized carbons (Fsp3) is 0.867. The second kappa shape index (κ2) is 13.8. The molecule has 11 nitrogen and oxygen atoms in total.